The summed E-state index contributed by atoms with van der Waals surface area (Å²) in [5.74, 6) is 0. The number of nitrogens with zero attached hydrogens (tertiary/aromatic N) is 1. The molecule has 2 aliphatic heterocycles. The van der Waals surface area contributed by atoms with Crippen LogP contribution in [0.2, 0.25) is 0 Å². The molecule has 0 aliphatic carbocycles. The van der Waals surface area contributed by atoms with Crippen molar-refractivity contribution in [2.45, 2.75) is 38.8 Å². The largest absolute Gasteiger partial charge is 0.315 e. The van der Waals surface area contributed by atoms with Crippen LogP contribution in [0.5, 0.6) is 0 Å². The molecule has 0 unspecified atom stereocenters. The van der Waals surface area contributed by atoms with Gasteiger partial charge in [-0.25, -0.2) is 0 Å². The summed E-state index contributed by atoms with van der Waals surface area (Å²) in [7, 11) is 0. The van der Waals surface area contributed by atoms with Gasteiger partial charge in [0.1, 0.15) is 0 Å². The average Bonchev–Trinajstić information content (AvgIpc) is 2.90. The minimum Gasteiger partial charge on any atom is -0.315 e. The van der Waals surface area contributed by atoms with E-state index in [2.05, 4.69) is 40.5 Å². The average molecular weight is 232 g/mol. The zero-order chi connectivity index (χ0) is 12.1. The van der Waals surface area contributed by atoms with Crippen LogP contribution < -0.4 is 5.32 Å². The number of likely N-dealkylation sites (tertiary alicyclic amines) is 1. The van der Waals surface area contributed by atoms with E-state index in [1.165, 1.54) is 38.0 Å². The molecular weight excluding hydrogens is 208 g/mol. The Morgan fingerprint density at radius 2 is 1.94 bits per heavy atom. The maximum absolute atomic E-state index is 3.49. The van der Waals surface area contributed by atoms with E-state index in [0.29, 0.717) is 5.54 Å². The highest BCUT2D eigenvalue weighted by molar-refractivity contribution is 5.17. The van der Waals surface area contributed by atoms with Gasteiger partial charge >= 0.3 is 0 Å². The first-order valence-electron chi connectivity index (χ1n) is 6.89. The van der Waals surface area contributed by atoms with Gasteiger partial charge in [-0.1, -0.05) is 44.2 Å². The standard InChI is InChI=1S/C13H18N2.C2H6/c1-2-4-12(5-3-1)10-15-9-7-13(15)6-8-14-11-13;1-2/h1-5,14H,6-11H2;1-2H3/t13-;/m1./s1. The van der Waals surface area contributed by atoms with Gasteiger partial charge in [-0.2, -0.15) is 0 Å². The minimum absolute atomic E-state index is 0.510. The summed E-state index contributed by atoms with van der Waals surface area (Å²) >= 11 is 0. The van der Waals surface area contributed by atoms with Crippen LogP contribution in [0, 0.1) is 0 Å². The van der Waals surface area contributed by atoms with Gasteiger partial charge in [-0.3, -0.25) is 4.90 Å². The molecule has 2 saturated heterocycles. The third kappa shape index (κ3) is 2.53. The Kier molecular flexibility index (Phi) is 4.19. The third-order valence-corrected chi connectivity index (χ3v) is 3.96. The number of nitrogens with one attached hydrogen (secondary N) is 1. The Bertz CT molecular complexity index is 328. The minimum atomic E-state index is 0.510. The quantitative estimate of drug-likeness (QED) is 0.843. The van der Waals surface area contributed by atoms with Gasteiger partial charge in [-0.05, 0) is 24.9 Å². The molecule has 0 bridgehead atoms. The molecule has 0 aromatic heterocycles. The fourth-order valence-electron chi connectivity index (χ4n) is 2.85. The Labute approximate surface area is 105 Å². The van der Waals surface area contributed by atoms with Crippen LogP contribution in [0.25, 0.3) is 0 Å². The monoisotopic (exact) mass is 232 g/mol. The van der Waals surface area contributed by atoms with Crippen molar-refractivity contribution in [2.24, 2.45) is 0 Å². The zero-order valence-corrected chi connectivity index (χ0v) is 11.1. The summed E-state index contributed by atoms with van der Waals surface area (Å²) in [6.45, 7) is 8.80. The van der Waals surface area contributed by atoms with Gasteiger partial charge in [0.05, 0.1) is 0 Å². The van der Waals surface area contributed by atoms with Crippen molar-refractivity contribution in [1.29, 1.82) is 0 Å². The van der Waals surface area contributed by atoms with E-state index >= 15 is 0 Å². The van der Waals surface area contributed by atoms with Crippen molar-refractivity contribution in [3.63, 3.8) is 0 Å². The van der Waals surface area contributed by atoms with Crippen molar-refractivity contribution in [1.82, 2.24) is 10.2 Å². The van der Waals surface area contributed by atoms with Gasteiger partial charge in [0.15, 0.2) is 0 Å². The van der Waals surface area contributed by atoms with E-state index in [0.717, 1.165) is 6.54 Å². The summed E-state index contributed by atoms with van der Waals surface area (Å²) < 4.78 is 0. The molecule has 17 heavy (non-hydrogen) atoms. The van der Waals surface area contributed by atoms with Gasteiger partial charge in [-0.15, -0.1) is 0 Å². The molecule has 0 saturated carbocycles. The maximum atomic E-state index is 3.49. The van der Waals surface area contributed by atoms with E-state index in [1.54, 1.807) is 0 Å². The van der Waals surface area contributed by atoms with Gasteiger partial charge < -0.3 is 5.32 Å². The number of rotatable bonds is 2. The first kappa shape index (κ1) is 12.6. The molecule has 1 atom stereocenters. The molecule has 0 amide bonds. The lowest BCUT2D eigenvalue weighted by Crippen LogP contribution is -2.60. The predicted molar refractivity (Wildman–Crippen MR) is 73.0 cm³/mol. The lowest BCUT2D eigenvalue weighted by atomic mass is 9.83. The molecule has 3 rings (SSSR count). The lowest BCUT2D eigenvalue weighted by molar-refractivity contribution is -0.00613. The molecule has 0 radical (unpaired) electrons. The molecule has 1 spiro atoms. The molecule has 1 aromatic rings. The van der Waals surface area contributed by atoms with E-state index in [9.17, 15) is 0 Å². The second kappa shape index (κ2) is 5.65. The van der Waals surface area contributed by atoms with Crippen molar-refractivity contribution < 1.29 is 0 Å². The molecular formula is C15H24N2. The molecule has 2 nitrogen and oxygen atoms in total. The Morgan fingerprint density at radius 3 is 2.47 bits per heavy atom. The van der Waals surface area contributed by atoms with Gasteiger partial charge in [0.2, 0.25) is 0 Å². The molecule has 2 fully saturated rings. The SMILES string of the molecule is CC.c1ccc(CN2CC[C@@]23CCNC3)cc1. The third-order valence-electron chi connectivity index (χ3n) is 3.96. The smallest absolute Gasteiger partial charge is 0.0361 e. The molecule has 2 aliphatic rings. The van der Waals surface area contributed by atoms with Crippen LogP contribution in [-0.2, 0) is 6.54 Å². The Hall–Kier alpha value is -0.860. The predicted octanol–water partition coefficient (Wildman–Crippen LogP) is 2.65. The fourth-order valence-corrected chi connectivity index (χ4v) is 2.85. The Balaban J connectivity index is 0.000000514. The summed E-state index contributed by atoms with van der Waals surface area (Å²) in [6, 6.07) is 10.8. The zero-order valence-electron chi connectivity index (χ0n) is 11.1. The van der Waals surface area contributed by atoms with Crippen LogP contribution in [0.1, 0.15) is 32.3 Å². The first-order chi connectivity index (χ1) is 8.39. The van der Waals surface area contributed by atoms with Crippen LogP contribution in [0.4, 0.5) is 0 Å². The Morgan fingerprint density at radius 1 is 1.18 bits per heavy atom. The van der Waals surface area contributed by atoms with E-state index in [-0.39, 0.29) is 0 Å². The summed E-state index contributed by atoms with van der Waals surface area (Å²) in [5, 5.41) is 3.49. The number of hydrogen-bond donors (Lipinski definition) is 1. The number of hydrogen-bond acceptors (Lipinski definition) is 2. The highest BCUT2D eigenvalue weighted by Gasteiger charge is 2.45. The highest BCUT2D eigenvalue weighted by atomic mass is 15.3. The van der Waals surface area contributed by atoms with E-state index in [1.807, 2.05) is 13.8 Å². The van der Waals surface area contributed by atoms with E-state index in [4.69, 9.17) is 0 Å². The molecule has 1 aromatic carbocycles. The van der Waals surface area contributed by atoms with Crippen molar-refractivity contribution in [3.8, 4) is 0 Å². The number of benzene rings is 1. The highest BCUT2D eigenvalue weighted by Crippen LogP contribution is 2.36. The van der Waals surface area contributed by atoms with Gasteiger partial charge in [0.25, 0.3) is 0 Å². The normalized spacial score (nSPS) is 27.4. The second-order valence-electron chi connectivity index (χ2n) is 4.81. The summed E-state index contributed by atoms with van der Waals surface area (Å²) in [5.41, 5.74) is 1.96. The van der Waals surface area contributed by atoms with Crippen molar-refractivity contribution >= 4 is 0 Å². The maximum Gasteiger partial charge on any atom is 0.0361 e. The summed E-state index contributed by atoms with van der Waals surface area (Å²) in [4.78, 5) is 2.64. The topological polar surface area (TPSA) is 15.3 Å². The molecule has 94 valence electrons. The van der Waals surface area contributed by atoms with Crippen molar-refractivity contribution in [2.75, 3.05) is 19.6 Å². The first-order valence-corrected chi connectivity index (χ1v) is 6.89. The molecule has 2 heterocycles. The van der Waals surface area contributed by atoms with Crippen molar-refractivity contribution in [3.05, 3.63) is 35.9 Å². The lowest BCUT2D eigenvalue weighted by Gasteiger charge is -2.50. The molecule has 1 N–H and O–H groups in total. The van der Waals surface area contributed by atoms with Crippen LogP contribution in [-0.4, -0.2) is 30.1 Å². The van der Waals surface area contributed by atoms with Crippen LogP contribution in [0.15, 0.2) is 30.3 Å². The summed E-state index contributed by atoms with van der Waals surface area (Å²) in [6.07, 6.45) is 2.71. The molecule has 2 heteroatoms. The fraction of sp³-hybridized carbons (Fsp3) is 0.600. The van der Waals surface area contributed by atoms with E-state index < -0.39 is 0 Å². The van der Waals surface area contributed by atoms with Gasteiger partial charge in [0, 0.05) is 25.2 Å². The van der Waals surface area contributed by atoms with Crippen LogP contribution in [0.3, 0.4) is 0 Å². The van der Waals surface area contributed by atoms with Crippen LogP contribution >= 0.6 is 0 Å². The second-order valence-corrected chi connectivity index (χ2v) is 4.81.